The number of halogens is 1. The van der Waals surface area contributed by atoms with E-state index in [4.69, 9.17) is 0 Å². The van der Waals surface area contributed by atoms with Crippen LogP contribution in [0, 0.1) is 11.7 Å². The molecule has 0 saturated carbocycles. The first-order chi connectivity index (χ1) is 8.51. The summed E-state index contributed by atoms with van der Waals surface area (Å²) in [5.41, 5.74) is 1.11. The van der Waals surface area contributed by atoms with Crippen LogP contribution in [0.2, 0.25) is 0 Å². The predicted molar refractivity (Wildman–Crippen MR) is 73.0 cm³/mol. The van der Waals surface area contributed by atoms with E-state index in [-0.39, 0.29) is 24.5 Å². The van der Waals surface area contributed by atoms with E-state index in [0.717, 1.165) is 18.4 Å². The van der Waals surface area contributed by atoms with Gasteiger partial charge in [-0.15, -0.1) is 0 Å². The highest BCUT2D eigenvalue weighted by Crippen LogP contribution is 2.09. The fourth-order valence-corrected chi connectivity index (χ4v) is 2.20. The Morgan fingerprint density at radius 3 is 2.28 bits per heavy atom. The van der Waals surface area contributed by atoms with Gasteiger partial charge >= 0.3 is 0 Å². The summed E-state index contributed by atoms with van der Waals surface area (Å²) in [6.45, 7) is 6.54. The van der Waals surface area contributed by atoms with E-state index in [9.17, 15) is 9.50 Å². The molecule has 0 saturated heterocycles. The van der Waals surface area contributed by atoms with Crippen molar-refractivity contribution in [2.75, 3.05) is 6.61 Å². The van der Waals surface area contributed by atoms with Gasteiger partial charge in [-0.1, -0.05) is 26.0 Å². The van der Waals surface area contributed by atoms with Gasteiger partial charge < -0.3 is 10.4 Å². The van der Waals surface area contributed by atoms with E-state index in [2.05, 4.69) is 26.1 Å². The molecule has 0 aliphatic heterocycles. The third-order valence-corrected chi connectivity index (χ3v) is 2.95. The zero-order valence-corrected chi connectivity index (χ0v) is 11.5. The molecule has 0 radical (unpaired) electrons. The summed E-state index contributed by atoms with van der Waals surface area (Å²) in [4.78, 5) is 0. The van der Waals surface area contributed by atoms with Gasteiger partial charge in [-0.05, 0) is 43.4 Å². The second-order valence-corrected chi connectivity index (χ2v) is 5.41. The summed E-state index contributed by atoms with van der Waals surface area (Å²) >= 11 is 0. The largest absolute Gasteiger partial charge is 0.395 e. The molecule has 0 amide bonds. The van der Waals surface area contributed by atoms with Gasteiger partial charge in [-0.3, -0.25) is 0 Å². The molecule has 1 aromatic carbocycles. The Balaban J connectivity index is 2.44. The summed E-state index contributed by atoms with van der Waals surface area (Å²) in [6.07, 6.45) is 1.80. The zero-order valence-electron chi connectivity index (χ0n) is 11.5. The van der Waals surface area contributed by atoms with Crippen LogP contribution < -0.4 is 5.32 Å². The van der Waals surface area contributed by atoms with E-state index in [1.165, 1.54) is 12.1 Å². The molecule has 3 heteroatoms. The molecule has 2 unspecified atom stereocenters. The summed E-state index contributed by atoms with van der Waals surface area (Å²) in [5, 5.41) is 12.7. The third-order valence-electron chi connectivity index (χ3n) is 2.95. The van der Waals surface area contributed by atoms with Crippen molar-refractivity contribution in [2.45, 2.75) is 45.7 Å². The first kappa shape index (κ1) is 15.1. The molecular weight excluding hydrogens is 229 g/mol. The zero-order chi connectivity index (χ0) is 13.5. The molecule has 0 spiro atoms. The van der Waals surface area contributed by atoms with Crippen LogP contribution in [0.3, 0.4) is 0 Å². The van der Waals surface area contributed by atoms with Gasteiger partial charge in [0.25, 0.3) is 0 Å². The van der Waals surface area contributed by atoms with Crippen molar-refractivity contribution >= 4 is 0 Å². The lowest BCUT2D eigenvalue weighted by atomic mass is 10.0. The average Bonchev–Trinajstić information content (AvgIpc) is 2.30. The minimum Gasteiger partial charge on any atom is -0.395 e. The SMILES string of the molecule is CC(C)CC(CO)NC(C)Cc1ccc(F)cc1. The van der Waals surface area contributed by atoms with Crippen LogP contribution in [0.5, 0.6) is 0 Å². The summed E-state index contributed by atoms with van der Waals surface area (Å²) in [5.74, 6) is 0.361. The van der Waals surface area contributed by atoms with Gasteiger partial charge in [0, 0.05) is 12.1 Å². The Kier molecular flexibility index (Phi) is 6.30. The van der Waals surface area contributed by atoms with Gasteiger partial charge in [0.2, 0.25) is 0 Å². The van der Waals surface area contributed by atoms with Crippen LogP contribution in [0.4, 0.5) is 4.39 Å². The molecule has 2 N–H and O–H groups in total. The highest BCUT2D eigenvalue weighted by atomic mass is 19.1. The molecule has 1 aromatic rings. The normalized spacial score (nSPS) is 14.8. The number of nitrogens with one attached hydrogen (secondary N) is 1. The third kappa shape index (κ3) is 5.61. The summed E-state index contributed by atoms with van der Waals surface area (Å²) < 4.78 is 12.8. The smallest absolute Gasteiger partial charge is 0.123 e. The van der Waals surface area contributed by atoms with Crippen LogP contribution in [0.1, 0.15) is 32.8 Å². The number of aliphatic hydroxyl groups excluding tert-OH is 1. The first-order valence-corrected chi connectivity index (χ1v) is 6.62. The first-order valence-electron chi connectivity index (χ1n) is 6.62. The van der Waals surface area contributed by atoms with Gasteiger partial charge in [-0.2, -0.15) is 0 Å². The average molecular weight is 253 g/mol. The van der Waals surface area contributed by atoms with E-state index in [1.54, 1.807) is 0 Å². The van der Waals surface area contributed by atoms with Gasteiger partial charge in [-0.25, -0.2) is 4.39 Å². The number of hydrogen-bond acceptors (Lipinski definition) is 2. The predicted octanol–water partition coefficient (Wildman–Crippen LogP) is 2.75. The topological polar surface area (TPSA) is 32.3 Å². The fourth-order valence-electron chi connectivity index (χ4n) is 2.20. The Morgan fingerprint density at radius 2 is 1.78 bits per heavy atom. The lowest BCUT2D eigenvalue weighted by Gasteiger charge is -2.23. The van der Waals surface area contributed by atoms with E-state index in [0.29, 0.717) is 5.92 Å². The van der Waals surface area contributed by atoms with Gasteiger partial charge in [0.1, 0.15) is 5.82 Å². The molecule has 0 heterocycles. The summed E-state index contributed by atoms with van der Waals surface area (Å²) in [6, 6.07) is 7.00. The van der Waals surface area contributed by atoms with Crippen molar-refractivity contribution in [1.82, 2.24) is 5.32 Å². The molecular formula is C15H24FNO. The van der Waals surface area contributed by atoms with Crippen molar-refractivity contribution in [3.63, 3.8) is 0 Å². The van der Waals surface area contributed by atoms with Crippen molar-refractivity contribution in [3.05, 3.63) is 35.6 Å². The monoisotopic (exact) mass is 253 g/mol. The van der Waals surface area contributed by atoms with Crippen molar-refractivity contribution in [1.29, 1.82) is 0 Å². The lowest BCUT2D eigenvalue weighted by Crippen LogP contribution is -2.40. The maximum Gasteiger partial charge on any atom is 0.123 e. The number of rotatable bonds is 7. The lowest BCUT2D eigenvalue weighted by molar-refractivity contribution is 0.214. The Labute approximate surface area is 109 Å². The van der Waals surface area contributed by atoms with Crippen LogP contribution >= 0.6 is 0 Å². The number of benzene rings is 1. The van der Waals surface area contributed by atoms with Crippen molar-refractivity contribution in [2.24, 2.45) is 5.92 Å². The molecule has 0 fully saturated rings. The molecule has 0 aliphatic rings. The second kappa shape index (κ2) is 7.49. The van der Waals surface area contributed by atoms with E-state index >= 15 is 0 Å². The van der Waals surface area contributed by atoms with E-state index in [1.807, 2.05) is 12.1 Å². The molecule has 0 bridgehead atoms. The number of aliphatic hydroxyl groups is 1. The Morgan fingerprint density at radius 1 is 1.17 bits per heavy atom. The minimum atomic E-state index is -0.201. The van der Waals surface area contributed by atoms with Gasteiger partial charge in [0.05, 0.1) is 6.61 Å². The Bertz CT molecular complexity index is 337. The molecule has 102 valence electrons. The molecule has 1 rings (SSSR count). The maximum absolute atomic E-state index is 12.8. The highest BCUT2D eigenvalue weighted by Gasteiger charge is 2.13. The van der Waals surface area contributed by atoms with Crippen molar-refractivity contribution in [3.8, 4) is 0 Å². The standard InChI is InChI=1S/C15H24FNO/c1-11(2)8-15(10-18)17-12(3)9-13-4-6-14(16)7-5-13/h4-7,11-12,15,17-18H,8-10H2,1-3H3. The second-order valence-electron chi connectivity index (χ2n) is 5.41. The minimum absolute atomic E-state index is 0.139. The molecule has 0 aliphatic carbocycles. The van der Waals surface area contributed by atoms with Crippen LogP contribution in [-0.4, -0.2) is 23.8 Å². The quantitative estimate of drug-likeness (QED) is 0.783. The van der Waals surface area contributed by atoms with Crippen LogP contribution in [-0.2, 0) is 6.42 Å². The highest BCUT2D eigenvalue weighted by molar-refractivity contribution is 5.17. The molecule has 2 atom stereocenters. The van der Waals surface area contributed by atoms with Gasteiger partial charge in [0.15, 0.2) is 0 Å². The number of hydrogen-bond donors (Lipinski definition) is 2. The summed E-state index contributed by atoms with van der Waals surface area (Å²) in [7, 11) is 0. The van der Waals surface area contributed by atoms with Crippen LogP contribution in [0.15, 0.2) is 24.3 Å². The molecule has 2 nitrogen and oxygen atoms in total. The van der Waals surface area contributed by atoms with Crippen LogP contribution in [0.25, 0.3) is 0 Å². The van der Waals surface area contributed by atoms with Crippen molar-refractivity contribution < 1.29 is 9.50 Å². The fraction of sp³-hybridized carbons (Fsp3) is 0.600. The maximum atomic E-state index is 12.8. The molecule has 0 aromatic heterocycles. The Hall–Kier alpha value is -0.930. The molecule has 18 heavy (non-hydrogen) atoms. The van der Waals surface area contributed by atoms with E-state index < -0.39 is 0 Å².